The van der Waals surface area contributed by atoms with Crippen LogP contribution >= 0.6 is 22.9 Å². The van der Waals surface area contributed by atoms with Crippen molar-refractivity contribution in [3.63, 3.8) is 0 Å². The van der Waals surface area contributed by atoms with Crippen LogP contribution in [0.25, 0.3) is 0 Å². The van der Waals surface area contributed by atoms with E-state index in [-0.39, 0.29) is 5.91 Å². The molecule has 0 aliphatic carbocycles. The van der Waals surface area contributed by atoms with E-state index < -0.39 is 0 Å². The van der Waals surface area contributed by atoms with Crippen LogP contribution in [0.5, 0.6) is 0 Å². The van der Waals surface area contributed by atoms with Gasteiger partial charge in [-0.1, -0.05) is 29.8 Å². The number of nitrogens with zero attached hydrogens (tertiary/aromatic N) is 2. The number of piperidine rings is 1. The van der Waals surface area contributed by atoms with Crippen LogP contribution < -0.4 is 11.1 Å². The molecule has 2 heterocycles. The van der Waals surface area contributed by atoms with Gasteiger partial charge in [0, 0.05) is 29.9 Å². The molecule has 3 rings (SSSR count). The largest absolute Gasteiger partial charge is 0.350 e. The van der Waals surface area contributed by atoms with Gasteiger partial charge in [0.1, 0.15) is 5.69 Å². The van der Waals surface area contributed by atoms with Gasteiger partial charge in [-0.3, -0.25) is 9.69 Å². The van der Waals surface area contributed by atoms with E-state index in [4.69, 9.17) is 17.3 Å². The molecule has 0 bridgehead atoms. The lowest BCUT2D eigenvalue weighted by atomic mass is 9.96. The van der Waals surface area contributed by atoms with E-state index >= 15 is 0 Å². The first-order valence-corrected chi connectivity index (χ1v) is 10.3. The zero-order chi connectivity index (χ0) is 18.4. The van der Waals surface area contributed by atoms with Crippen molar-refractivity contribution in [2.45, 2.75) is 25.8 Å². The number of aromatic nitrogens is 1. The second-order valence-electron chi connectivity index (χ2n) is 6.69. The maximum absolute atomic E-state index is 12.2. The van der Waals surface area contributed by atoms with Crippen molar-refractivity contribution in [3.8, 4) is 0 Å². The molecule has 0 saturated carbocycles. The van der Waals surface area contributed by atoms with E-state index in [1.807, 2.05) is 23.6 Å². The number of halogens is 1. The summed E-state index contributed by atoms with van der Waals surface area (Å²) in [4.78, 5) is 19.0. The number of nitrogens with one attached hydrogen (secondary N) is 1. The molecule has 2 aromatic rings. The van der Waals surface area contributed by atoms with Crippen LogP contribution in [0.2, 0.25) is 5.02 Å². The molecule has 26 heavy (non-hydrogen) atoms. The zero-order valence-corrected chi connectivity index (χ0v) is 16.4. The Labute approximate surface area is 163 Å². The number of thiazole rings is 1. The minimum absolute atomic E-state index is 0.0805. The summed E-state index contributed by atoms with van der Waals surface area (Å²) >= 11 is 7.75. The van der Waals surface area contributed by atoms with Gasteiger partial charge in [0.15, 0.2) is 0 Å². The molecule has 3 N–H and O–H groups in total. The second kappa shape index (κ2) is 9.46. The highest BCUT2D eigenvalue weighted by molar-refractivity contribution is 7.09. The number of benzene rings is 1. The van der Waals surface area contributed by atoms with Crippen molar-refractivity contribution >= 4 is 28.8 Å². The smallest absolute Gasteiger partial charge is 0.270 e. The average molecular weight is 393 g/mol. The summed E-state index contributed by atoms with van der Waals surface area (Å²) in [5, 5.41) is 6.60. The Balaban J connectivity index is 1.41. The Hall–Kier alpha value is -1.47. The Morgan fingerprint density at radius 2 is 2.12 bits per heavy atom. The highest BCUT2D eigenvalue weighted by Crippen LogP contribution is 2.22. The van der Waals surface area contributed by atoms with Crippen LogP contribution in [-0.2, 0) is 13.0 Å². The SMILES string of the molecule is NCCc1nc(C(=O)NCC2CCN(Cc3ccccc3Cl)CC2)cs1. The second-order valence-corrected chi connectivity index (χ2v) is 8.04. The summed E-state index contributed by atoms with van der Waals surface area (Å²) in [6.45, 7) is 4.22. The van der Waals surface area contributed by atoms with Crippen LogP contribution in [0.15, 0.2) is 29.6 Å². The number of carbonyl (C=O) groups excluding carboxylic acids is 1. The van der Waals surface area contributed by atoms with E-state index in [0.717, 1.165) is 48.9 Å². The number of hydrogen-bond donors (Lipinski definition) is 2. The summed E-state index contributed by atoms with van der Waals surface area (Å²) < 4.78 is 0. The van der Waals surface area contributed by atoms with Crippen LogP contribution in [0.1, 0.15) is 33.9 Å². The van der Waals surface area contributed by atoms with Crippen molar-refractivity contribution in [2.24, 2.45) is 11.7 Å². The first kappa shape index (κ1) is 19.3. The van der Waals surface area contributed by atoms with Crippen molar-refractivity contribution < 1.29 is 4.79 Å². The maximum atomic E-state index is 12.2. The predicted molar refractivity (Wildman–Crippen MR) is 107 cm³/mol. The Morgan fingerprint density at radius 3 is 2.85 bits per heavy atom. The molecule has 0 radical (unpaired) electrons. The lowest BCUT2D eigenvalue weighted by Gasteiger charge is -2.32. The molecule has 1 aromatic heterocycles. The van der Waals surface area contributed by atoms with Gasteiger partial charge >= 0.3 is 0 Å². The fourth-order valence-corrected chi connectivity index (χ4v) is 4.19. The minimum Gasteiger partial charge on any atom is -0.350 e. The van der Waals surface area contributed by atoms with Gasteiger partial charge in [0.05, 0.1) is 5.01 Å². The molecule has 0 atom stereocenters. The highest BCUT2D eigenvalue weighted by Gasteiger charge is 2.21. The quantitative estimate of drug-likeness (QED) is 0.759. The molecular formula is C19H25ClN4OS. The molecule has 140 valence electrons. The lowest BCUT2D eigenvalue weighted by molar-refractivity contribution is 0.0930. The molecule has 1 saturated heterocycles. The molecular weight excluding hydrogens is 368 g/mol. The van der Waals surface area contributed by atoms with Gasteiger partial charge in [0.25, 0.3) is 5.91 Å². The molecule has 1 aliphatic rings. The Kier molecular flexibility index (Phi) is 7.02. The van der Waals surface area contributed by atoms with Gasteiger partial charge in [-0.05, 0) is 50.0 Å². The molecule has 1 amide bonds. The highest BCUT2D eigenvalue weighted by atomic mass is 35.5. The molecule has 0 spiro atoms. The zero-order valence-electron chi connectivity index (χ0n) is 14.8. The van der Waals surface area contributed by atoms with Crippen LogP contribution in [-0.4, -0.2) is 42.0 Å². The lowest BCUT2D eigenvalue weighted by Crippen LogP contribution is -2.38. The summed E-state index contributed by atoms with van der Waals surface area (Å²) in [7, 11) is 0. The van der Waals surface area contributed by atoms with E-state index in [9.17, 15) is 4.79 Å². The van der Waals surface area contributed by atoms with E-state index in [1.165, 1.54) is 16.9 Å². The van der Waals surface area contributed by atoms with Gasteiger partial charge in [-0.25, -0.2) is 4.98 Å². The molecule has 1 aromatic carbocycles. The standard InChI is InChI=1S/C19H25ClN4OS/c20-16-4-2-1-3-15(16)12-24-9-6-14(7-10-24)11-22-19(25)17-13-26-18(23-17)5-8-21/h1-4,13-14H,5-12,21H2,(H,22,25). The minimum atomic E-state index is -0.0805. The van der Waals surface area contributed by atoms with E-state index in [2.05, 4.69) is 21.3 Å². The van der Waals surface area contributed by atoms with Gasteiger partial charge in [0.2, 0.25) is 0 Å². The first-order valence-electron chi connectivity index (χ1n) is 9.04. The van der Waals surface area contributed by atoms with Crippen LogP contribution in [0.4, 0.5) is 0 Å². The Bertz CT molecular complexity index is 728. The number of likely N-dealkylation sites (tertiary alicyclic amines) is 1. The molecule has 1 fully saturated rings. The number of hydrogen-bond acceptors (Lipinski definition) is 5. The van der Waals surface area contributed by atoms with Crippen molar-refractivity contribution in [1.29, 1.82) is 0 Å². The fourth-order valence-electron chi connectivity index (χ4n) is 3.20. The number of nitrogens with two attached hydrogens (primary N) is 1. The van der Waals surface area contributed by atoms with Crippen molar-refractivity contribution in [1.82, 2.24) is 15.2 Å². The van der Waals surface area contributed by atoms with E-state index in [1.54, 1.807) is 0 Å². The van der Waals surface area contributed by atoms with Crippen LogP contribution in [0.3, 0.4) is 0 Å². The number of carbonyl (C=O) groups is 1. The fraction of sp³-hybridized carbons (Fsp3) is 0.474. The van der Waals surface area contributed by atoms with E-state index in [0.29, 0.717) is 24.7 Å². The Morgan fingerprint density at radius 1 is 1.35 bits per heavy atom. The van der Waals surface area contributed by atoms with Crippen LogP contribution in [0, 0.1) is 5.92 Å². The molecule has 5 nitrogen and oxygen atoms in total. The third-order valence-electron chi connectivity index (χ3n) is 4.75. The predicted octanol–water partition coefficient (Wildman–Crippen LogP) is 2.94. The first-order chi connectivity index (χ1) is 12.7. The van der Waals surface area contributed by atoms with Gasteiger partial charge in [-0.15, -0.1) is 11.3 Å². The van der Waals surface area contributed by atoms with Gasteiger partial charge in [-0.2, -0.15) is 0 Å². The number of rotatable bonds is 7. The monoisotopic (exact) mass is 392 g/mol. The third-order valence-corrected chi connectivity index (χ3v) is 6.03. The molecule has 7 heteroatoms. The van der Waals surface area contributed by atoms with Crippen molar-refractivity contribution in [3.05, 3.63) is 50.9 Å². The van der Waals surface area contributed by atoms with Gasteiger partial charge < -0.3 is 11.1 Å². The summed E-state index contributed by atoms with van der Waals surface area (Å²) in [5.41, 5.74) is 7.21. The normalized spacial score (nSPS) is 15.9. The number of amides is 1. The third kappa shape index (κ3) is 5.27. The summed E-state index contributed by atoms with van der Waals surface area (Å²) in [6.07, 6.45) is 2.89. The maximum Gasteiger partial charge on any atom is 0.270 e. The molecule has 0 unspecified atom stereocenters. The average Bonchev–Trinajstić information content (AvgIpc) is 3.12. The topological polar surface area (TPSA) is 71.2 Å². The van der Waals surface area contributed by atoms with Crippen molar-refractivity contribution in [2.75, 3.05) is 26.2 Å². The summed E-state index contributed by atoms with van der Waals surface area (Å²) in [5.74, 6) is 0.437. The summed E-state index contributed by atoms with van der Waals surface area (Å²) in [6, 6.07) is 8.01. The molecule has 1 aliphatic heterocycles.